The van der Waals surface area contributed by atoms with E-state index in [9.17, 15) is 8.78 Å². The van der Waals surface area contributed by atoms with Crippen LogP contribution in [-0.4, -0.2) is 30.6 Å². The first-order valence-corrected chi connectivity index (χ1v) is 7.54. The molecule has 2 unspecified atom stereocenters. The molecule has 0 radical (unpaired) electrons. The SMILES string of the molecule is CC1CCC(CN)CN1Cc1cc(Cl)ccc1OC(F)F. The fourth-order valence-corrected chi connectivity index (χ4v) is 2.97. The highest BCUT2D eigenvalue weighted by Gasteiger charge is 2.25. The molecule has 1 aliphatic heterocycles. The second-order valence-electron chi connectivity index (χ2n) is 5.59. The van der Waals surface area contributed by atoms with Gasteiger partial charge in [-0.05, 0) is 50.4 Å². The molecule has 2 atom stereocenters. The molecule has 1 aromatic rings. The van der Waals surface area contributed by atoms with Crippen LogP contribution in [0.4, 0.5) is 8.78 Å². The molecule has 1 saturated heterocycles. The maximum atomic E-state index is 12.5. The number of piperidine rings is 1. The van der Waals surface area contributed by atoms with Crippen molar-refractivity contribution in [1.29, 1.82) is 0 Å². The third-order valence-corrected chi connectivity index (χ3v) is 4.29. The Morgan fingerprint density at radius 3 is 2.86 bits per heavy atom. The minimum atomic E-state index is -2.83. The highest BCUT2D eigenvalue weighted by Crippen LogP contribution is 2.29. The van der Waals surface area contributed by atoms with Gasteiger partial charge in [0.05, 0.1) is 0 Å². The van der Waals surface area contributed by atoms with Crippen LogP contribution < -0.4 is 10.5 Å². The zero-order chi connectivity index (χ0) is 15.4. The first-order chi connectivity index (χ1) is 9.99. The highest BCUT2D eigenvalue weighted by molar-refractivity contribution is 6.30. The first kappa shape index (κ1) is 16.5. The monoisotopic (exact) mass is 318 g/mol. The van der Waals surface area contributed by atoms with Gasteiger partial charge in [-0.15, -0.1) is 0 Å². The Morgan fingerprint density at radius 2 is 2.19 bits per heavy atom. The maximum Gasteiger partial charge on any atom is 0.387 e. The number of nitrogens with zero attached hydrogens (tertiary/aromatic N) is 1. The van der Waals surface area contributed by atoms with E-state index in [0.717, 1.165) is 19.4 Å². The van der Waals surface area contributed by atoms with Gasteiger partial charge in [-0.1, -0.05) is 11.6 Å². The van der Waals surface area contributed by atoms with Gasteiger partial charge in [0.25, 0.3) is 0 Å². The Bertz CT molecular complexity index is 473. The van der Waals surface area contributed by atoms with Crippen molar-refractivity contribution in [3.05, 3.63) is 28.8 Å². The minimum absolute atomic E-state index is 0.191. The lowest BCUT2D eigenvalue weighted by Crippen LogP contribution is -2.43. The summed E-state index contributed by atoms with van der Waals surface area (Å²) in [6.45, 7) is 1.38. The van der Waals surface area contributed by atoms with E-state index in [1.54, 1.807) is 12.1 Å². The van der Waals surface area contributed by atoms with E-state index in [0.29, 0.717) is 35.6 Å². The van der Waals surface area contributed by atoms with E-state index in [4.69, 9.17) is 17.3 Å². The van der Waals surface area contributed by atoms with Gasteiger partial charge in [-0.2, -0.15) is 8.78 Å². The van der Waals surface area contributed by atoms with Crippen molar-refractivity contribution in [2.24, 2.45) is 11.7 Å². The molecular formula is C15H21ClF2N2O. The van der Waals surface area contributed by atoms with E-state index in [2.05, 4.69) is 16.6 Å². The Balaban J connectivity index is 2.15. The lowest BCUT2D eigenvalue weighted by Gasteiger charge is -2.37. The van der Waals surface area contributed by atoms with Gasteiger partial charge in [0.2, 0.25) is 0 Å². The molecule has 3 nitrogen and oxygen atoms in total. The molecule has 0 saturated carbocycles. The van der Waals surface area contributed by atoms with E-state index in [-0.39, 0.29) is 5.75 Å². The van der Waals surface area contributed by atoms with Gasteiger partial charge in [0.1, 0.15) is 5.75 Å². The fourth-order valence-electron chi connectivity index (χ4n) is 2.78. The number of likely N-dealkylation sites (tertiary alicyclic amines) is 1. The summed E-state index contributed by atoms with van der Waals surface area (Å²) in [5, 5.41) is 0.520. The molecule has 1 fully saturated rings. The number of hydrogen-bond acceptors (Lipinski definition) is 3. The van der Waals surface area contributed by atoms with Crippen LogP contribution in [0.2, 0.25) is 5.02 Å². The number of rotatable bonds is 5. The molecule has 2 N–H and O–H groups in total. The molecule has 2 rings (SSSR count). The zero-order valence-electron chi connectivity index (χ0n) is 12.1. The molecule has 0 spiro atoms. The molecule has 1 aliphatic rings. The van der Waals surface area contributed by atoms with Crippen LogP contribution in [0.25, 0.3) is 0 Å². The van der Waals surface area contributed by atoms with E-state index in [1.807, 2.05) is 0 Å². The summed E-state index contributed by atoms with van der Waals surface area (Å²) in [6.07, 6.45) is 2.18. The van der Waals surface area contributed by atoms with Crippen LogP contribution in [0, 0.1) is 5.92 Å². The Morgan fingerprint density at radius 1 is 1.43 bits per heavy atom. The van der Waals surface area contributed by atoms with E-state index in [1.165, 1.54) is 6.07 Å². The molecular weight excluding hydrogens is 298 g/mol. The molecule has 118 valence electrons. The molecule has 1 heterocycles. The van der Waals surface area contributed by atoms with Gasteiger partial charge in [0, 0.05) is 29.7 Å². The number of halogens is 3. The van der Waals surface area contributed by atoms with Gasteiger partial charge in [0.15, 0.2) is 0 Å². The molecule has 6 heteroatoms. The smallest absolute Gasteiger partial charge is 0.387 e. The number of ether oxygens (including phenoxy) is 1. The Hall–Kier alpha value is -0.910. The van der Waals surface area contributed by atoms with Gasteiger partial charge < -0.3 is 10.5 Å². The number of nitrogens with two attached hydrogens (primary N) is 1. The molecule has 21 heavy (non-hydrogen) atoms. The average molecular weight is 319 g/mol. The largest absolute Gasteiger partial charge is 0.434 e. The summed E-state index contributed by atoms with van der Waals surface area (Å²) >= 11 is 5.98. The number of alkyl halides is 2. The third kappa shape index (κ3) is 4.53. The van der Waals surface area contributed by atoms with Gasteiger partial charge >= 0.3 is 6.61 Å². The van der Waals surface area contributed by atoms with Crippen molar-refractivity contribution < 1.29 is 13.5 Å². The van der Waals surface area contributed by atoms with Crippen molar-refractivity contribution >= 4 is 11.6 Å². The normalized spacial score (nSPS) is 23.5. The second-order valence-corrected chi connectivity index (χ2v) is 6.02. The topological polar surface area (TPSA) is 38.5 Å². The Labute approximate surface area is 129 Å². The molecule has 0 aliphatic carbocycles. The highest BCUT2D eigenvalue weighted by atomic mass is 35.5. The minimum Gasteiger partial charge on any atom is -0.434 e. The van der Waals surface area contributed by atoms with Gasteiger partial charge in [-0.25, -0.2) is 0 Å². The van der Waals surface area contributed by atoms with Crippen molar-refractivity contribution in [2.75, 3.05) is 13.1 Å². The van der Waals surface area contributed by atoms with Crippen LogP contribution in [0.15, 0.2) is 18.2 Å². The predicted molar refractivity (Wildman–Crippen MR) is 79.7 cm³/mol. The van der Waals surface area contributed by atoms with Crippen LogP contribution >= 0.6 is 11.6 Å². The summed E-state index contributed by atoms with van der Waals surface area (Å²) in [5.41, 5.74) is 6.44. The summed E-state index contributed by atoms with van der Waals surface area (Å²) in [4.78, 5) is 2.25. The van der Waals surface area contributed by atoms with E-state index < -0.39 is 6.61 Å². The standard InChI is InChI=1S/C15H21ClF2N2O/c1-10-2-3-11(7-19)8-20(10)9-12-6-13(16)4-5-14(12)21-15(17)18/h4-6,10-11,15H,2-3,7-9,19H2,1H3. The lowest BCUT2D eigenvalue weighted by atomic mass is 9.93. The average Bonchev–Trinajstić information content (AvgIpc) is 2.44. The summed E-state index contributed by atoms with van der Waals surface area (Å²) in [6, 6.07) is 5.15. The molecule has 1 aromatic carbocycles. The number of benzene rings is 1. The quantitative estimate of drug-likeness (QED) is 0.903. The van der Waals surface area contributed by atoms with Crippen LogP contribution in [0.1, 0.15) is 25.3 Å². The van der Waals surface area contributed by atoms with Crippen molar-refractivity contribution in [1.82, 2.24) is 4.90 Å². The van der Waals surface area contributed by atoms with Crippen LogP contribution in [-0.2, 0) is 6.54 Å². The van der Waals surface area contributed by atoms with Gasteiger partial charge in [-0.3, -0.25) is 4.90 Å². The van der Waals surface area contributed by atoms with Crippen molar-refractivity contribution in [2.45, 2.75) is 39.0 Å². The van der Waals surface area contributed by atoms with Crippen LogP contribution in [0.3, 0.4) is 0 Å². The zero-order valence-corrected chi connectivity index (χ0v) is 12.8. The fraction of sp³-hybridized carbons (Fsp3) is 0.600. The third-order valence-electron chi connectivity index (χ3n) is 4.05. The summed E-state index contributed by atoms with van der Waals surface area (Å²) < 4.78 is 29.6. The molecule has 0 bridgehead atoms. The summed E-state index contributed by atoms with van der Waals surface area (Å²) in [7, 11) is 0. The molecule has 0 aromatic heterocycles. The van der Waals surface area contributed by atoms with E-state index >= 15 is 0 Å². The maximum absolute atomic E-state index is 12.5. The lowest BCUT2D eigenvalue weighted by molar-refractivity contribution is -0.0510. The second kappa shape index (κ2) is 7.38. The van der Waals surface area contributed by atoms with Crippen LogP contribution in [0.5, 0.6) is 5.75 Å². The van der Waals surface area contributed by atoms with Crippen molar-refractivity contribution in [3.63, 3.8) is 0 Å². The predicted octanol–water partition coefficient (Wildman–Crippen LogP) is 3.50. The Kier molecular flexibility index (Phi) is 5.79. The molecule has 0 amide bonds. The summed E-state index contributed by atoms with van der Waals surface area (Å²) in [5.74, 6) is 0.649. The number of hydrogen-bond donors (Lipinski definition) is 1. The first-order valence-electron chi connectivity index (χ1n) is 7.17. The van der Waals surface area contributed by atoms with Crippen molar-refractivity contribution in [3.8, 4) is 5.75 Å².